The van der Waals surface area contributed by atoms with Gasteiger partial charge in [-0.05, 0) is 6.92 Å². The molecule has 0 saturated heterocycles. The Morgan fingerprint density at radius 2 is 2.17 bits per heavy atom. The van der Waals surface area contributed by atoms with Crippen LogP contribution in [0.15, 0.2) is 10.7 Å². The third-order valence-corrected chi connectivity index (χ3v) is 2.44. The quantitative estimate of drug-likeness (QED) is 0.874. The molecule has 0 aromatic carbocycles. The van der Waals surface area contributed by atoms with Crippen LogP contribution in [0.25, 0.3) is 0 Å². The molecule has 0 fully saturated rings. The molecule has 7 heteroatoms. The van der Waals surface area contributed by atoms with Gasteiger partial charge in [0.05, 0.1) is 11.9 Å². The average molecular weight is 250 g/mol. The highest BCUT2D eigenvalue weighted by Gasteiger charge is 2.21. The lowest BCUT2D eigenvalue weighted by atomic mass is 9.97. The molecule has 0 aliphatic heterocycles. The molecule has 0 aliphatic rings. The first-order chi connectivity index (χ1) is 8.36. The maximum Gasteiger partial charge on any atom is 0.232 e. The van der Waals surface area contributed by atoms with E-state index in [1.165, 1.54) is 0 Å². The Labute approximate surface area is 105 Å². The number of nitrogens with zero attached hydrogens (tertiary/aromatic N) is 5. The third-order valence-electron chi connectivity index (χ3n) is 2.44. The highest BCUT2D eigenvalue weighted by Crippen LogP contribution is 2.19. The Hall–Kier alpha value is -1.76. The molecular weight excluding hydrogens is 232 g/mol. The number of aromatic nitrogens is 5. The van der Waals surface area contributed by atoms with E-state index in [-0.39, 0.29) is 11.5 Å². The molecule has 2 rings (SSSR count). The number of rotatable bonds is 3. The van der Waals surface area contributed by atoms with Gasteiger partial charge in [0.2, 0.25) is 5.89 Å². The fourth-order valence-electron chi connectivity index (χ4n) is 1.37. The van der Waals surface area contributed by atoms with Crippen molar-refractivity contribution in [3.8, 4) is 0 Å². The van der Waals surface area contributed by atoms with Crippen molar-refractivity contribution < 1.29 is 4.52 Å². The van der Waals surface area contributed by atoms with Gasteiger partial charge in [0.1, 0.15) is 6.54 Å². The number of hydrogen-bond donors (Lipinski definition) is 1. The first kappa shape index (κ1) is 12.7. The van der Waals surface area contributed by atoms with Crippen LogP contribution < -0.4 is 5.73 Å². The van der Waals surface area contributed by atoms with Crippen molar-refractivity contribution in [2.24, 2.45) is 5.73 Å². The molecule has 1 atom stereocenters. The van der Waals surface area contributed by atoms with Crippen molar-refractivity contribution >= 4 is 0 Å². The van der Waals surface area contributed by atoms with E-state index in [1.807, 2.05) is 27.7 Å². The molecule has 0 spiro atoms. The monoisotopic (exact) mass is 250 g/mol. The summed E-state index contributed by atoms with van der Waals surface area (Å²) < 4.78 is 6.86. The van der Waals surface area contributed by atoms with E-state index in [4.69, 9.17) is 10.3 Å². The fourth-order valence-corrected chi connectivity index (χ4v) is 1.37. The van der Waals surface area contributed by atoms with Crippen LogP contribution in [0.2, 0.25) is 0 Å². The zero-order chi connectivity index (χ0) is 13.3. The minimum absolute atomic E-state index is 0.130. The van der Waals surface area contributed by atoms with Crippen LogP contribution in [0.3, 0.4) is 0 Å². The molecule has 0 radical (unpaired) electrons. The molecule has 2 aromatic heterocycles. The Balaban J connectivity index is 2.11. The summed E-state index contributed by atoms with van der Waals surface area (Å²) >= 11 is 0. The molecule has 7 nitrogen and oxygen atoms in total. The first-order valence-electron chi connectivity index (χ1n) is 5.85. The minimum atomic E-state index is -0.148. The molecule has 0 amide bonds. The maximum atomic E-state index is 5.72. The molecule has 1 unspecified atom stereocenters. The standard InChI is InChI=1S/C11H18N6O/c1-7(12)8-5-17(16-14-8)6-9-13-10(18-15-9)11(2,3)4/h5,7H,6,12H2,1-4H3. The SMILES string of the molecule is CC(N)c1cn(Cc2noc(C(C)(C)C)n2)nn1. The van der Waals surface area contributed by atoms with E-state index in [9.17, 15) is 0 Å². The molecule has 0 aliphatic carbocycles. The molecule has 0 saturated carbocycles. The Morgan fingerprint density at radius 3 is 2.67 bits per heavy atom. The summed E-state index contributed by atoms with van der Waals surface area (Å²) in [5.41, 5.74) is 6.31. The van der Waals surface area contributed by atoms with Gasteiger partial charge >= 0.3 is 0 Å². The van der Waals surface area contributed by atoms with Crippen molar-refractivity contribution in [1.29, 1.82) is 0 Å². The molecule has 2 N–H and O–H groups in total. The van der Waals surface area contributed by atoms with Gasteiger partial charge < -0.3 is 10.3 Å². The average Bonchev–Trinajstić information content (AvgIpc) is 2.85. The molecule has 2 aromatic rings. The lowest BCUT2D eigenvalue weighted by Gasteiger charge is -2.10. The molecular formula is C11H18N6O. The van der Waals surface area contributed by atoms with Gasteiger partial charge in [-0.1, -0.05) is 31.1 Å². The van der Waals surface area contributed by atoms with Crippen LogP contribution in [-0.2, 0) is 12.0 Å². The van der Waals surface area contributed by atoms with Crippen molar-refractivity contribution in [3.05, 3.63) is 23.6 Å². The Morgan fingerprint density at radius 1 is 1.44 bits per heavy atom. The van der Waals surface area contributed by atoms with E-state index in [0.29, 0.717) is 18.3 Å². The van der Waals surface area contributed by atoms with Crippen LogP contribution in [0, 0.1) is 0 Å². The highest BCUT2D eigenvalue weighted by atomic mass is 16.5. The normalized spacial score (nSPS) is 13.8. The maximum absolute atomic E-state index is 5.72. The van der Waals surface area contributed by atoms with E-state index >= 15 is 0 Å². The summed E-state index contributed by atoms with van der Waals surface area (Å²) in [6.07, 6.45) is 1.79. The van der Waals surface area contributed by atoms with Gasteiger partial charge in [-0.25, -0.2) is 4.68 Å². The second-order valence-electron chi connectivity index (χ2n) is 5.40. The van der Waals surface area contributed by atoms with E-state index < -0.39 is 0 Å². The lowest BCUT2D eigenvalue weighted by molar-refractivity contribution is 0.317. The summed E-state index contributed by atoms with van der Waals surface area (Å²) in [7, 11) is 0. The van der Waals surface area contributed by atoms with Crippen molar-refractivity contribution in [2.75, 3.05) is 0 Å². The Bertz CT molecular complexity index is 522. The topological polar surface area (TPSA) is 95.7 Å². The summed E-state index contributed by atoms with van der Waals surface area (Å²) in [6, 6.07) is -0.130. The van der Waals surface area contributed by atoms with Gasteiger partial charge in [-0.3, -0.25) is 0 Å². The minimum Gasteiger partial charge on any atom is -0.339 e. The largest absolute Gasteiger partial charge is 0.339 e. The van der Waals surface area contributed by atoms with Gasteiger partial charge in [0.15, 0.2) is 5.82 Å². The molecule has 0 bridgehead atoms. The number of nitrogens with two attached hydrogens (primary N) is 1. The van der Waals surface area contributed by atoms with Crippen LogP contribution in [0.1, 0.15) is 51.1 Å². The first-order valence-corrected chi connectivity index (χ1v) is 5.85. The molecule has 18 heavy (non-hydrogen) atoms. The number of hydrogen-bond acceptors (Lipinski definition) is 6. The van der Waals surface area contributed by atoms with Gasteiger partial charge in [-0.2, -0.15) is 4.98 Å². The highest BCUT2D eigenvalue weighted by molar-refractivity contribution is 5.01. The van der Waals surface area contributed by atoms with E-state index in [0.717, 1.165) is 5.69 Å². The molecule has 98 valence electrons. The van der Waals surface area contributed by atoms with Crippen LogP contribution in [-0.4, -0.2) is 25.1 Å². The molecule has 2 heterocycles. The zero-order valence-electron chi connectivity index (χ0n) is 11.1. The summed E-state index contributed by atoms with van der Waals surface area (Å²) in [4.78, 5) is 4.33. The van der Waals surface area contributed by atoms with Crippen LogP contribution in [0.5, 0.6) is 0 Å². The summed E-state index contributed by atoms with van der Waals surface area (Å²) in [5.74, 6) is 1.20. The lowest BCUT2D eigenvalue weighted by Crippen LogP contribution is -2.12. The smallest absolute Gasteiger partial charge is 0.232 e. The van der Waals surface area contributed by atoms with Crippen molar-refractivity contribution in [1.82, 2.24) is 25.1 Å². The Kier molecular flexibility index (Phi) is 3.16. The van der Waals surface area contributed by atoms with Gasteiger partial charge in [0.25, 0.3) is 0 Å². The predicted molar refractivity (Wildman–Crippen MR) is 64.7 cm³/mol. The predicted octanol–water partition coefficient (Wildman–Crippen LogP) is 1.03. The second-order valence-corrected chi connectivity index (χ2v) is 5.40. The fraction of sp³-hybridized carbons (Fsp3) is 0.636. The van der Waals surface area contributed by atoms with Gasteiger partial charge in [0, 0.05) is 11.5 Å². The third kappa shape index (κ3) is 2.73. The second kappa shape index (κ2) is 4.49. The van der Waals surface area contributed by atoms with Crippen LogP contribution in [0.4, 0.5) is 0 Å². The van der Waals surface area contributed by atoms with Crippen LogP contribution >= 0.6 is 0 Å². The van der Waals surface area contributed by atoms with E-state index in [1.54, 1.807) is 10.9 Å². The van der Waals surface area contributed by atoms with E-state index in [2.05, 4.69) is 20.5 Å². The summed E-state index contributed by atoms with van der Waals surface area (Å²) in [6.45, 7) is 8.36. The van der Waals surface area contributed by atoms with Crippen molar-refractivity contribution in [2.45, 2.75) is 45.7 Å². The summed E-state index contributed by atoms with van der Waals surface area (Å²) in [5, 5.41) is 11.9. The van der Waals surface area contributed by atoms with Gasteiger partial charge in [-0.15, -0.1) is 5.10 Å². The zero-order valence-corrected chi connectivity index (χ0v) is 11.1. The van der Waals surface area contributed by atoms with Crippen molar-refractivity contribution in [3.63, 3.8) is 0 Å².